The summed E-state index contributed by atoms with van der Waals surface area (Å²) in [6.07, 6.45) is 1.87. The second kappa shape index (κ2) is 13.5. The summed E-state index contributed by atoms with van der Waals surface area (Å²) in [6, 6.07) is 70.9. The minimum Gasteiger partial charge on any atom is -0.309 e. The fourth-order valence-electron chi connectivity index (χ4n) is 9.45. The summed E-state index contributed by atoms with van der Waals surface area (Å²) in [5.41, 5.74) is 8.47. The molecule has 0 bridgehead atoms. The maximum absolute atomic E-state index is 5.09. The topological polar surface area (TPSA) is 61.4 Å². The number of benzene rings is 9. The molecule has 62 heavy (non-hydrogen) atoms. The van der Waals surface area contributed by atoms with E-state index in [1.54, 1.807) is 0 Å². The SMILES string of the molecule is c1ccc(-c2nc(-c3ccc4ccccc4c3)nc(-c3ccc4cc(-n5c6ccccc6c6cc7c8c9ccccc9ccc8n(-c8ccccn8)c7cc65)ccc4c3)n2)cc1. The van der Waals surface area contributed by atoms with E-state index in [0.29, 0.717) is 17.5 Å². The van der Waals surface area contributed by atoms with Gasteiger partial charge in [0, 0.05) is 50.1 Å². The Kier molecular flexibility index (Phi) is 7.50. The highest BCUT2D eigenvalue weighted by molar-refractivity contribution is 6.25. The molecule has 0 radical (unpaired) electrons. The average Bonchev–Trinajstić information content (AvgIpc) is 3.85. The largest absolute Gasteiger partial charge is 0.309 e. The Bertz CT molecular complexity index is 3920. The van der Waals surface area contributed by atoms with Crippen LogP contribution in [0.2, 0.25) is 0 Å². The van der Waals surface area contributed by atoms with Crippen molar-refractivity contribution in [1.29, 1.82) is 0 Å². The molecule has 0 amide bonds. The summed E-state index contributed by atoms with van der Waals surface area (Å²) >= 11 is 0. The van der Waals surface area contributed by atoms with Gasteiger partial charge >= 0.3 is 0 Å². The lowest BCUT2D eigenvalue weighted by Crippen LogP contribution is -2.00. The van der Waals surface area contributed by atoms with Crippen molar-refractivity contribution in [3.05, 3.63) is 206 Å². The van der Waals surface area contributed by atoms with Crippen LogP contribution in [0.15, 0.2) is 206 Å². The smallest absolute Gasteiger partial charge is 0.164 e. The molecular formula is C56H34N6. The molecule has 13 aromatic rings. The first-order chi connectivity index (χ1) is 30.7. The van der Waals surface area contributed by atoms with Gasteiger partial charge in [0.15, 0.2) is 17.5 Å². The lowest BCUT2D eigenvalue weighted by Gasteiger charge is -2.12. The predicted octanol–water partition coefficient (Wildman–Crippen LogP) is 13.9. The molecule has 0 saturated heterocycles. The van der Waals surface area contributed by atoms with E-state index in [1.807, 2.05) is 42.6 Å². The Labute approximate surface area is 355 Å². The molecule has 13 rings (SSSR count). The first-order valence-corrected chi connectivity index (χ1v) is 20.9. The molecule has 0 unspecified atom stereocenters. The van der Waals surface area contributed by atoms with Crippen LogP contribution >= 0.6 is 0 Å². The summed E-state index contributed by atoms with van der Waals surface area (Å²) in [6.45, 7) is 0. The van der Waals surface area contributed by atoms with Gasteiger partial charge in [0.25, 0.3) is 0 Å². The number of para-hydroxylation sites is 1. The van der Waals surface area contributed by atoms with Crippen molar-refractivity contribution < 1.29 is 0 Å². The first-order valence-electron chi connectivity index (χ1n) is 20.9. The molecule has 0 aliphatic rings. The molecule has 288 valence electrons. The third-order valence-corrected chi connectivity index (χ3v) is 12.3. The molecule has 9 aromatic carbocycles. The van der Waals surface area contributed by atoms with Crippen LogP contribution < -0.4 is 0 Å². The number of hydrogen-bond acceptors (Lipinski definition) is 4. The molecule has 0 aliphatic heterocycles. The fraction of sp³-hybridized carbons (Fsp3) is 0. The van der Waals surface area contributed by atoms with Crippen LogP contribution in [-0.4, -0.2) is 29.1 Å². The maximum atomic E-state index is 5.09. The molecule has 0 aliphatic carbocycles. The summed E-state index contributed by atoms with van der Waals surface area (Å²) in [7, 11) is 0. The Hall–Kier alpha value is -8.48. The average molecular weight is 791 g/mol. The van der Waals surface area contributed by atoms with Gasteiger partial charge in [0.05, 0.1) is 22.1 Å². The molecule has 0 atom stereocenters. The highest BCUT2D eigenvalue weighted by Gasteiger charge is 2.21. The van der Waals surface area contributed by atoms with Gasteiger partial charge in [-0.15, -0.1) is 0 Å². The number of aromatic nitrogens is 6. The Morgan fingerprint density at radius 3 is 1.69 bits per heavy atom. The van der Waals surface area contributed by atoms with Gasteiger partial charge in [-0.2, -0.15) is 0 Å². The van der Waals surface area contributed by atoms with Crippen LogP contribution in [0.3, 0.4) is 0 Å². The number of fused-ring (bicyclic) bond motifs is 10. The van der Waals surface area contributed by atoms with E-state index in [4.69, 9.17) is 19.9 Å². The van der Waals surface area contributed by atoms with E-state index in [-0.39, 0.29) is 0 Å². The molecule has 4 aromatic heterocycles. The number of hydrogen-bond donors (Lipinski definition) is 0. The van der Waals surface area contributed by atoms with E-state index in [1.165, 1.54) is 37.7 Å². The Morgan fingerprint density at radius 1 is 0.306 bits per heavy atom. The quantitative estimate of drug-likeness (QED) is 0.174. The molecule has 0 spiro atoms. The van der Waals surface area contributed by atoms with Crippen LogP contribution in [0.4, 0.5) is 0 Å². The fourth-order valence-corrected chi connectivity index (χ4v) is 9.45. The summed E-state index contributed by atoms with van der Waals surface area (Å²) in [5.74, 6) is 2.82. The van der Waals surface area contributed by atoms with Crippen molar-refractivity contribution in [3.63, 3.8) is 0 Å². The molecule has 0 saturated carbocycles. The molecule has 6 heteroatoms. The van der Waals surface area contributed by atoms with Gasteiger partial charge in [-0.1, -0.05) is 140 Å². The highest BCUT2D eigenvalue weighted by Crippen LogP contribution is 2.42. The minimum atomic E-state index is 0.635. The monoisotopic (exact) mass is 790 g/mol. The van der Waals surface area contributed by atoms with Crippen molar-refractivity contribution >= 4 is 75.9 Å². The van der Waals surface area contributed by atoms with Crippen molar-refractivity contribution in [2.24, 2.45) is 0 Å². The molecule has 4 heterocycles. The van der Waals surface area contributed by atoms with Crippen LogP contribution in [-0.2, 0) is 0 Å². The molecule has 0 fully saturated rings. The first kappa shape index (κ1) is 34.4. The van der Waals surface area contributed by atoms with E-state index in [9.17, 15) is 0 Å². The standard InChI is InChI=1S/C56H34N6/c1-2-14-37(15-3-1)54-58-55(41-23-21-35-12-4-5-16-38(35)30-41)60-56(59-54)42-24-22-40-32-43(27-25-39(40)31-42)61-48-19-9-8-18-45(48)46-33-47-51(34-50(46)61)62(52-20-10-11-29-57-52)49-28-26-36-13-6-7-17-44(36)53(47)49/h1-34H. The zero-order chi connectivity index (χ0) is 40.7. The van der Waals surface area contributed by atoms with Crippen LogP contribution in [0.1, 0.15) is 0 Å². The third-order valence-electron chi connectivity index (χ3n) is 12.3. The normalized spacial score (nSPS) is 11.9. The van der Waals surface area contributed by atoms with E-state index in [2.05, 4.69) is 173 Å². The van der Waals surface area contributed by atoms with Crippen molar-refractivity contribution in [2.45, 2.75) is 0 Å². The Morgan fingerprint density at radius 2 is 0.903 bits per heavy atom. The Balaban J connectivity index is 0.985. The van der Waals surface area contributed by atoms with Crippen LogP contribution in [0, 0.1) is 0 Å². The summed E-state index contributed by atoms with van der Waals surface area (Å²) in [5, 5.41) is 11.9. The highest BCUT2D eigenvalue weighted by atomic mass is 15.1. The second-order valence-corrected chi connectivity index (χ2v) is 15.9. The van der Waals surface area contributed by atoms with E-state index in [0.717, 1.165) is 66.4 Å². The molecular weight excluding hydrogens is 757 g/mol. The lowest BCUT2D eigenvalue weighted by molar-refractivity contribution is 1.07. The van der Waals surface area contributed by atoms with Gasteiger partial charge in [-0.05, 0) is 93.0 Å². The van der Waals surface area contributed by atoms with Gasteiger partial charge in [-0.25, -0.2) is 19.9 Å². The molecule has 6 nitrogen and oxygen atoms in total. The molecule has 0 N–H and O–H groups in total. The van der Waals surface area contributed by atoms with Crippen molar-refractivity contribution in [3.8, 4) is 45.7 Å². The zero-order valence-electron chi connectivity index (χ0n) is 33.3. The number of rotatable bonds is 5. The van der Waals surface area contributed by atoms with E-state index >= 15 is 0 Å². The summed E-state index contributed by atoms with van der Waals surface area (Å²) < 4.78 is 4.72. The minimum absolute atomic E-state index is 0.635. The number of pyridine rings is 1. The van der Waals surface area contributed by atoms with Crippen molar-refractivity contribution in [1.82, 2.24) is 29.1 Å². The lowest BCUT2D eigenvalue weighted by atomic mass is 10.0. The third kappa shape index (κ3) is 5.37. The van der Waals surface area contributed by atoms with Crippen LogP contribution in [0.5, 0.6) is 0 Å². The number of nitrogens with zero attached hydrogens (tertiary/aromatic N) is 6. The van der Waals surface area contributed by atoms with Gasteiger partial charge in [0.1, 0.15) is 5.82 Å². The van der Waals surface area contributed by atoms with Gasteiger partial charge in [-0.3, -0.25) is 4.57 Å². The summed E-state index contributed by atoms with van der Waals surface area (Å²) in [4.78, 5) is 20.0. The van der Waals surface area contributed by atoms with Gasteiger partial charge in [0.2, 0.25) is 0 Å². The predicted molar refractivity (Wildman–Crippen MR) is 255 cm³/mol. The van der Waals surface area contributed by atoms with Gasteiger partial charge < -0.3 is 4.57 Å². The van der Waals surface area contributed by atoms with E-state index < -0.39 is 0 Å². The maximum Gasteiger partial charge on any atom is 0.164 e. The zero-order valence-corrected chi connectivity index (χ0v) is 33.3. The second-order valence-electron chi connectivity index (χ2n) is 15.9. The van der Waals surface area contributed by atoms with Crippen LogP contribution in [0.25, 0.3) is 122 Å². The van der Waals surface area contributed by atoms with Crippen molar-refractivity contribution in [2.75, 3.05) is 0 Å².